The number of thiazole rings is 1. The number of amides is 1. The fraction of sp³-hybridized carbons (Fsp3) is 0.143. The molecule has 0 aliphatic rings. The first-order valence-corrected chi connectivity index (χ1v) is 9.52. The molecular weight excluding hydrogens is 358 g/mol. The Morgan fingerprint density at radius 2 is 1.93 bits per heavy atom. The molecule has 4 aromatic rings. The molecule has 0 bridgehead atoms. The highest BCUT2D eigenvalue weighted by atomic mass is 32.1. The summed E-state index contributed by atoms with van der Waals surface area (Å²) in [5.41, 5.74) is 3.20. The van der Waals surface area contributed by atoms with Gasteiger partial charge in [0.15, 0.2) is 0 Å². The van der Waals surface area contributed by atoms with Crippen LogP contribution in [-0.2, 0) is 7.05 Å². The number of hydrogen-bond acceptors (Lipinski definition) is 4. The van der Waals surface area contributed by atoms with Crippen LogP contribution in [0.5, 0.6) is 0 Å². The molecule has 0 spiro atoms. The molecule has 0 aliphatic heterocycles. The molecule has 0 fully saturated rings. The van der Waals surface area contributed by atoms with E-state index in [2.05, 4.69) is 10.3 Å². The molecule has 5 nitrogen and oxygen atoms in total. The molecule has 1 atom stereocenters. The molecule has 2 aromatic carbocycles. The minimum absolute atomic E-state index is 0.130. The van der Waals surface area contributed by atoms with E-state index in [9.17, 15) is 9.90 Å². The van der Waals surface area contributed by atoms with Gasteiger partial charge in [0.25, 0.3) is 5.91 Å². The highest BCUT2D eigenvalue weighted by Gasteiger charge is 2.17. The summed E-state index contributed by atoms with van der Waals surface area (Å²) in [6.07, 6.45) is 1.12. The molecule has 2 aromatic heterocycles. The van der Waals surface area contributed by atoms with E-state index in [4.69, 9.17) is 0 Å². The highest BCUT2D eigenvalue weighted by molar-refractivity contribution is 7.13. The third kappa shape index (κ3) is 3.49. The average molecular weight is 377 g/mol. The van der Waals surface area contributed by atoms with Gasteiger partial charge < -0.3 is 15.0 Å². The van der Waals surface area contributed by atoms with E-state index in [0.717, 1.165) is 27.0 Å². The SMILES string of the molecule is Cn1cc([C@@H](O)CNC(=O)c2csc(-c3ccccc3)n2)c2ccccc21. The number of carbonyl (C=O) groups excluding carboxylic acids is 1. The van der Waals surface area contributed by atoms with Gasteiger partial charge in [-0.2, -0.15) is 0 Å². The number of nitrogens with one attached hydrogen (secondary N) is 1. The van der Waals surface area contributed by atoms with Crippen LogP contribution < -0.4 is 5.32 Å². The summed E-state index contributed by atoms with van der Waals surface area (Å²) in [7, 11) is 1.94. The molecule has 0 radical (unpaired) electrons. The number of aryl methyl sites for hydroxylation is 1. The summed E-state index contributed by atoms with van der Waals surface area (Å²) in [6.45, 7) is 0.130. The molecule has 0 saturated heterocycles. The summed E-state index contributed by atoms with van der Waals surface area (Å²) in [5, 5.41) is 16.9. The highest BCUT2D eigenvalue weighted by Crippen LogP contribution is 2.26. The third-order valence-electron chi connectivity index (χ3n) is 4.50. The lowest BCUT2D eigenvalue weighted by Crippen LogP contribution is -2.28. The van der Waals surface area contributed by atoms with Crippen molar-refractivity contribution >= 4 is 28.1 Å². The predicted molar refractivity (Wildman–Crippen MR) is 108 cm³/mol. The van der Waals surface area contributed by atoms with Crippen LogP contribution >= 0.6 is 11.3 Å². The molecule has 2 N–H and O–H groups in total. The number of carbonyl (C=O) groups is 1. The second kappa shape index (κ2) is 7.34. The Balaban J connectivity index is 1.45. The number of fused-ring (bicyclic) bond motifs is 1. The maximum Gasteiger partial charge on any atom is 0.270 e. The Kier molecular flexibility index (Phi) is 4.75. The molecule has 0 aliphatic carbocycles. The molecule has 0 saturated carbocycles. The lowest BCUT2D eigenvalue weighted by Gasteiger charge is -2.10. The van der Waals surface area contributed by atoms with Crippen LogP contribution in [0, 0.1) is 0 Å². The summed E-state index contributed by atoms with van der Waals surface area (Å²) in [6, 6.07) is 17.6. The maximum atomic E-state index is 12.4. The molecule has 6 heteroatoms. The van der Waals surface area contributed by atoms with Crippen molar-refractivity contribution in [2.75, 3.05) is 6.54 Å². The van der Waals surface area contributed by atoms with Crippen LogP contribution in [0.4, 0.5) is 0 Å². The van der Waals surface area contributed by atoms with Crippen LogP contribution in [0.25, 0.3) is 21.5 Å². The zero-order chi connectivity index (χ0) is 18.8. The summed E-state index contributed by atoms with van der Waals surface area (Å²) in [4.78, 5) is 16.8. The first kappa shape index (κ1) is 17.5. The number of rotatable bonds is 5. The molecule has 27 heavy (non-hydrogen) atoms. The molecule has 2 heterocycles. The smallest absolute Gasteiger partial charge is 0.270 e. The summed E-state index contributed by atoms with van der Waals surface area (Å²) >= 11 is 1.43. The van der Waals surface area contributed by atoms with Crippen LogP contribution in [0.1, 0.15) is 22.2 Å². The number of para-hydroxylation sites is 1. The van der Waals surface area contributed by atoms with Crippen LogP contribution in [0.15, 0.2) is 66.2 Å². The van der Waals surface area contributed by atoms with Crippen molar-refractivity contribution in [1.82, 2.24) is 14.9 Å². The minimum Gasteiger partial charge on any atom is -0.386 e. The van der Waals surface area contributed by atoms with Gasteiger partial charge in [-0.3, -0.25) is 4.79 Å². The van der Waals surface area contributed by atoms with Crippen molar-refractivity contribution in [2.45, 2.75) is 6.10 Å². The number of benzene rings is 2. The van der Waals surface area contributed by atoms with Gasteiger partial charge in [0.05, 0.1) is 6.10 Å². The van der Waals surface area contributed by atoms with Gasteiger partial charge in [-0.1, -0.05) is 48.5 Å². The molecule has 136 valence electrons. The predicted octanol–water partition coefficient (Wildman–Crippen LogP) is 3.77. The second-order valence-electron chi connectivity index (χ2n) is 6.34. The van der Waals surface area contributed by atoms with E-state index in [0.29, 0.717) is 5.69 Å². The van der Waals surface area contributed by atoms with Crippen molar-refractivity contribution in [1.29, 1.82) is 0 Å². The number of aliphatic hydroxyl groups excluding tert-OH is 1. The van der Waals surface area contributed by atoms with E-state index >= 15 is 0 Å². The zero-order valence-corrected chi connectivity index (χ0v) is 15.6. The van der Waals surface area contributed by atoms with E-state index in [-0.39, 0.29) is 12.5 Å². The van der Waals surface area contributed by atoms with E-state index in [1.54, 1.807) is 5.38 Å². The lowest BCUT2D eigenvalue weighted by atomic mass is 10.1. The Labute approximate surface area is 160 Å². The second-order valence-corrected chi connectivity index (χ2v) is 7.20. The zero-order valence-electron chi connectivity index (χ0n) is 14.8. The largest absolute Gasteiger partial charge is 0.386 e. The van der Waals surface area contributed by atoms with Crippen LogP contribution in [0.3, 0.4) is 0 Å². The van der Waals surface area contributed by atoms with E-state index < -0.39 is 6.10 Å². The van der Waals surface area contributed by atoms with E-state index in [1.807, 2.05) is 72.4 Å². The first-order valence-electron chi connectivity index (χ1n) is 8.64. The maximum absolute atomic E-state index is 12.4. The van der Waals surface area contributed by atoms with E-state index in [1.165, 1.54) is 11.3 Å². The first-order chi connectivity index (χ1) is 13.1. The van der Waals surface area contributed by atoms with Gasteiger partial charge in [0, 0.05) is 47.2 Å². The standard InChI is InChI=1S/C21H19N3O2S/c1-24-12-16(15-9-5-6-10-18(15)24)19(25)11-22-20(26)17-13-27-21(23-17)14-7-3-2-4-8-14/h2-10,12-13,19,25H,11H2,1H3,(H,22,26)/t19-/m0/s1. The van der Waals surface area contributed by atoms with Crippen LogP contribution in [-0.4, -0.2) is 27.1 Å². The summed E-state index contributed by atoms with van der Waals surface area (Å²) < 4.78 is 1.97. The van der Waals surface area contributed by atoms with Crippen LogP contribution in [0.2, 0.25) is 0 Å². The number of hydrogen-bond donors (Lipinski definition) is 2. The molecule has 1 amide bonds. The van der Waals surface area contributed by atoms with Gasteiger partial charge >= 0.3 is 0 Å². The molecular formula is C21H19N3O2S. The normalized spacial score (nSPS) is 12.2. The molecule has 4 rings (SSSR count). The topological polar surface area (TPSA) is 67.2 Å². The Bertz CT molecular complexity index is 1090. The Morgan fingerprint density at radius 1 is 1.19 bits per heavy atom. The van der Waals surface area contributed by atoms with Crippen molar-refractivity contribution in [3.63, 3.8) is 0 Å². The number of nitrogens with zero attached hydrogens (tertiary/aromatic N) is 2. The monoisotopic (exact) mass is 377 g/mol. The Morgan fingerprint density at radius 3 is 2.74 bits per heavy atom. The van der Waals surface area contributed by atoms with Crippen molar-refractivity contribution < 1.29 is 9.90 Å². The fourth-order valence-electron chi connectivity index (χ4n) is 3.12. The molecule has 0 unspecified atom stereocenters. The van der Waals surface area contributed by atoms with Crippen molar-refractivity contribution in [2.24, 2.45) is 7.05 Å². The van der Waals surface area contributed by atoms with Crippen molar-refractivity contribution in [3.05, 3.63) is 77.4 Å². The Hall–Kier alpha value is -2.96. The van der Waals surface area contributed by atoms with Gasteiger partial charge in [-0.15, -0.1) is 11.3 Å². The van der Waals surface area contributed by atoms with Gasteiger partial charge in [-0.05, 0) is 6.07 Å². The summed E-state index contributed by atoms with van der Waals surface area (Å²) in [5.74, 6) is -0.285. The lowest BCUT2D eigenvalue weighted by molar-refractivity contribution is 0.0913. The van der Waals surface area contributed by atoms with Gasteiger partial charge in [0.2, 0.25) is 0 Å². The van der Waals surface area contributed by atoms with Gasteiger partial charge in [-0.25, -0.2) is 4.98 Å². The van der Waals surface area contributed by atoms with Crippen molar-refractivity contribution in [3.8, 4) is 10.6 Å². The minimum atomic E-state index is -0.785. The quantitative estimate of drug-likeness (QED) is 0.556. The average Bonchev–Trinajstić information content (AvgIpc) is 3.32. The number of aromatic nitrogens is 2. The fourth-order valence-corrected chi connectivity index (χ4v) is 3.93. The van der Waals surface area contributed by atoms with Gasteiger partial charge in [0.1, 0.15) is 10.7 Å². The number of aliphatic hydroxyl groups is 1. The third-order valence-corrected chi connectivity index (χ3v) is 5.39.